The van der Waals surface area contributed by atoms with Crippen molar-refractivity contribution in [2.24, 2.45) is 0 Å². The molecule has 0 aliphatic heterocycles. The van der Waals surface area contributed by atoms with Gasteiger partial charge in [0.1, 0.15) is 11.4 Å². The molecule has 0 radical (unpaired) electrons. The average Bonchev–Trinajstić information content (AvgIpc) is 2.49. The summed E-state index contributed by atoms with van der Waals surface area (Å²) in [4.78, 5) is 15.5. The Morgan fingerprint density at radius 2 is 1.81 bits per heavy atom. The Balaban J connectivity index is 2.16. The Kier molecular flexibility index (Phi) is 3.23. The molecule has 1 heterocycles. The number of fused-ring (bicyclic) bond motifs is 1. The first-order valence-corrected chi connectivity index (χ1v) is 6.29. The summed E-state index contributed by atoms with van der Waals surface area (Å²) in [5.41, 5.74) is 1.81. The second-order valence-corrected chi connectivity index (χ2v) is 4.50. The third-order valence-electron chi connectivity index (χ3n) is 3.12. The zero-order valence-corrected chi connectivity index (χ0v) is 10.9. The van der Waals surface area contributed by atoms with Crippen LogP contribution in [0.5, 0.6) is 0 Å². The van der Waals surface area contributed by atoms with Crippen molar-refractivity contribution in [1.82, 2.24) is 4.98 Å². The van der Waals surface area contributed by atoms with Crippen molar-refractivity contribution in [3.05, 3.63) is 66.1 Å². The summed E-state index contributed by atoms with van der Waals surface area (Å²) < 4.78 is 13.0. The average molecular weight is 282 g/mol. The molecule has 0 unspecified atom stereocenters. The van der Waals surface area contributed by atoms with Crippen molar-refractivity contribution in [2.75, 3.05) is 5.32 Å². The van der Waals surface area contributed by atoms with Crippen LogP contribution in [0.15, 0.2) is 54.7 Å². The molecule has 0 amide bonds. The highest BCUT2D eigenvalue weighted by atomic mass is 19.1. The van der Waals surface area contributed by atoms with Crippen LogP contribution in [0.25, 0.3) is 10.9 Å². The van der Waals surface area contributed by atoms with Gasteiger partial charge in [-0.2, -0.15) is 0 Å². The highest BCUT2D eigenvalue weighted by Gasteiger charge is 2.14. The number of hydrogen-bond acceptors (Lipinski definition) is 3. The summed E-state index contributed by atoms with van der Waals surface area (Å²) in [5.74, 6) is -1.42. The summed E-state index contributed by atoms with van der Waals surface area (Å²) in [5, 5.41) is 13.0. The molecule has 0 aliphatic carbocycles. The topological polar surface area (TPSA) is 62.2 Å². The monoisotopic (exact) mass is 282 g/mol. The Morgan fingerprint density at radius 3 is 2.52 bits per heavy atom. The molecular weight excluding hydrogens is 271 g/mol. The van der Waals surface area contributed by atoms with Gasteiger partial charge in [-0.25, -0.2) is 9.18 Å². The highest BCUT2D eigenvalue weighted by Crippen LogP contribution is 2.29. The van der Waals surface area contributed by atoms with Gasteiger partial charge in [-0.3, -0.25) is 4.98 Å². The number of carboxylic acid groups (broad SMARTS) is 1. The van der Waals surface area contributed by atoms with Gasteiger partial charge in [0.05, 0.1) is 11.2 Å². The molecule has 0 aliphatic rings. The molecule has 0 saturated heterocycles. The number of carbonyl (C=O) groups is 1. The van der Waals surface area contributed by atoms with E-state index in [4.69, 9.17) is 0 Å². The van der Waals surface area contributed by atoms with E-state index in [9.17, 15) is 14.3 Å². The number of nitrogens with zero attached hydrogens (tertiary/aromatic N) is 1. The van der Waals surface area contributed by atoms with Crippen molar-refractivity contribution in [3.63, 3.8) is 0 Å². The van der Waals surface area contributed by atoms with Gasteiger partial charge in [0.2, 0.25) is 0 Å². The maximum atomic E-state index is 13.0. The number of benzene rings is 2. The smallest absolute Gasteiger partial charge is 0.339 e. The largest absolute Gasteiger partial charge is 0.478 e. The summed E-state index contributed by atoms with van der Waals surface area (Å²) in [6.45, 7) is 0. The molecule has 4 nitrogen and oxygen atoms in total. The third kappa shape index (κ3) is 2.53. The lowest BCUT2D eigenvalue weighted by Crippen LogP contribution is -2.04. The van der Waals surface area contributed by atoms with Crippen molar-refractivity contribution in [3.8, 4) is 0 Å². The molecule has 3 aromatic rings. The number of anilines is 2. The zero-order valence-electron chi connectivity index (χ0n) is 10.9. The lowest BCUT2D eigenvalue weighted by molar-refractivity contribution is 0.0697. The van der Waals surface area contributed by atoms with E-state index in [1.807, 2.05) is 12.1 Å². The van der Waals surface area contributed by atoms with E-state index in [1.54, 1.807) is 24.3 Å². The lowest BCUT2D eigenvalue weighted by Gasteiger charge is -2.12. The van der Waals surface area contributed by atoms with E-state index < -0.39 is 5.97 Å². The van der Waals surface area contributed by atoms with Gasteiger partial charge >= 0.3 is 5.97 Å². The number of aromatic nitrogens is 1. The number of halogens is 1. The highest BCUT2D eigenvalue weighted by molar-refractivity contribution is 6.05. The Bertz CT molecular complexity index is 816. The third-order valence-corrected chi connectivity index (χ3v) is 3.12. The van der Waals surface area contributed by atoms with Crippen molar-refractivity contribution < 1.29 is 14.3 Å². The summed E-state index contributed by atoms with van der Waals surface area (Å²) in [7, 11) is 0. The molecule has 0 spiro atoms. The fraction of sp³-hybridized carbons (Fsp3) is 0. The molecule has 0 fully saturated rings. The Hall–Kier alpha value is -2.95. The van der Waals surface area contributed by atoms with E-state index in [-0.39, 0.29) is 11.4 Å². The molecule has 0 saturated carbocycles. The minimum atomic E-state index is -1.07. The van der Waals surface area contributed by atoms with Crippen LogP contribution in [0.2, 0.25) is 0 Å². The Morgan fingerprint density at radius 1 is 1.10 bits per heavy atom. The van der Waals surface area contributed by atoms with Crippen molar-refractivity contribution in [2.45, 2.75) is 0 Å². The molecule has 0 bridgehead atoms. The van der Waals surface area contributed by atoms with Crippen LogP contribution in [0, 0.1) is 5.82 Å². The first-order chi connectivity index (χ1) is 10.1. The molecule has 3 rings (SSSR count). The number of aromatic carboxylic acids is 1. The number of para-hydroxylation sites is 1. The predicted molar refractivity (Wildman–Crippen MR) is 78.4 cm³/mol. The normalized spacial score (nSPS) is 10.5. The fourth-order valence-corrected chi connectivity index (χ4v) is 2.12. The van der Waals surface area contributed by atoms with Crippen LogP contribution in [-0.2, 0) is 0 Å². The second kappa shape index (κ2) is 5.20. The lowest BCUT2D eigenvalue weighted by atomic mass is 10.1. The van der Waals surface area contributed by atoms with Gasteiger partial charge in [0, 0.05) is 17.3 Å². The first-order valence-electron chi connectivity index (χ1n) is 6.29. The van der Waals surface area contributed by atoms with Gasteiger partial charge in [-0.1, -0.05) is 18.2 Å². The van der Waals surface area contributed by atoms with Crippen LogP contribution >= 0.6 is 0 Å². The van der Waals surface area contributed by atoms with E-state index >= 15 is 0 Å². The molecule has 104 valence electrons. The van der Waals surface area contributed by atoms with Gasteiger partial charge in [-0.15, -0.1) is 0 Å². The maximum Gasteiger partial charge on any atom is 0.339 e. The van der Waals surface area contributed by atoms with Gasteiger partial charge < -0.3 is 10.4 Å². The number of nitrogens with one attached hydrogen (secondary N) is 1. The first kappa shape index (κ1) is 13.1. The standard InChI is InChI=1S/C16H11FN2O2/c17-10-5-7-11(8-6-10)19-15-12-3-1-2-4-14(12)18-9-13(15)16(20)21/h1-9H,(H,18,19)(H,20,21). The van der Waals surface area contributed by atoms with Crippen LogP contribution in [0.1, 0.15) is 10.4 Å². The van der Waals surface area contributed by atoms with Crippen LogP contribution < -0.4 is 5.32 Å². The SMILES string of the molecule is O=C(O)c1cnc2ccccc2c1Nc1ccc(F)cc1. The van der Waals surface area contributed by atoms with E-state index in [1.165, 1.54) is 18.3 Å². The number of carboxylic acids is 1. The molecule has 21 heavy (non-hydrogen) atoms. The number of hydrogen-bond donors (Lipinski definition) is 2. The van der Waals surface area contributed by atoms with Crippen molar-refractivity contribution in [1.29, 1.82) is 0 Å². The molecule has 2 aromatic carbocycles. The van der Waals surface area contributed by atoms with E-state index in [0.717, 1.165) is 0 Å². The molecule has 1 aromatic heterocycles. The summed E-state index contributed by atoms with van der Waals surface area (Å²) >= 11 is 0. The van der Waals surface area contributed by atoms with Gasteiger partial charge in [0.15, 0.2) is 0 Å². The van der Waals surface area contributed by atoms with Crippen molar-refractivity contribution >= 4 is 28.2 Å². The van der Waals surface area contributed by atoms with E-state index in [2.05, 4.69) is 10.3 Å². The molecule has 0 atom stereocenters. The van der Waals surface area contributed by atoms with Gasteiger partial charge in [0.25, 0.3) is 0 Å². The van der Waals surface area contributed by atoms with Crippen LogP contribution in [0.3, 0.4) is 0 Å². The minimum Gasteiger partial charge on any atom is -0.478 e. The molecule has 2 N–H and O–H groups in total. The second-order valence-electron chi connectivity index (χ2n) is 4.50. The van der Waals surface area contributed by atoms with Crippen LogP contribution in [0.4, 0.5) is 15.8 Å². The molecular formula is C16H11FN2O2. The fourth-order valence-electron chi connectivity index (χ4n) is 2.12. The molecule has 5 heteroatoms. The summed E-state index contributed by atoms with van der Waals surface area (Å²) in [6.07, 6.45) is 1.32. The minimum absolute atomic E-state index is 0.0676. The Labute approximate surface area is 119 Å². The number of rotatable bonds is 3. The maximum absolute atomic E-state index is 13.0. The van der Waals surface area contributed by atoms with Crippen LogP contribution in [-0.4, -0.2) is 16.1 Å². The van der Waals surface area contributed by atoms with E-state index in [0.29, 0.717) is 22.3 Å². The van der Waals surface area contributed by atoms with Gasteiger partial charge in [-0.05, 0) is 30.3 Å². The number of pyridine rings is 1. The quantitative estimate of drug-likeness (QED) is 0.766. The predicted octanol–water partition coefficient (Wildman–Crippen LogP) is 3.82. The summed E-state index contributed by atoms with van der Waals surface area (Å²) in [6, 6.07) is 13.0. The zero-order chi connectivity index (χ0) is 14.8.